The summed E-state index contributed by atoms with van der Waals surface area (Å²) in [5.41, 5.74) is 7.41. The SMILES string of the molecule is CCOCc1ccccc1NC(=O)C(N)C(C)(C)C. The lowest BCUT2D eigenvalue weighted by Crippen LogP contribution is -2.45. The quantitative estimate of drug-likeness (QED) is 0.859. The first-order valence-corrected chi connectivity index (χ1v) is 6.58. The van der Waals surface area contributed by atoms with Gasteiger partial charge in [0.2, 0.25) is 5.91 Å². The molecule has 0 aliphatic heterocycles. The van der Waals surface area contributed by atoms with Gasteiger partial charge in [0.1, 0.15) is 0 Å². The van der Waals surface area contributed by atoms with Crippen LogP contribution < -0.4 is 11.1 Å². The van der Waals surface area contributed by atoms with E-state index >= 15 is 0 Å². The molecule has 0 aliphatic rings. The van der Waals surface area contributed by atoms with Crippen molar-refractivity contribution in [2.45, 2.75) is 40.3 Å². The van der Waals surface area contributed by atoms with E-state index < -0.39 is 6.04 Å². The van der Waals surface area contributed by atoms with E-state index in [4.69, 9.17) is 10.5 Å². The maximum atomic E-state index is 12.1. The van der Waals surface area contributed by atoms with Crippen LogP contribution >= 0.6 is 0 Å². The molecule has 19 heavy (non-hydrogen) atoms. The van der Waals surface area contributed by atoms with Gasteiger partial charge in [-0.15, -0.1) is 0 Å². The van der Waals surface area contributed by atoms with Crippen molar-refractivity contribution in [3.05, 3.63) is 29.8 Å². The van der Waals surface area contributed by atoms with E-state index in [-0.39, 0.29) is 11.3 Å². The monoisotopic (exact) mass is 264 g/mol. The van der Waals surface area contributed by atoms with Gasteiger partial charge in [-0.25, -0.2) is 0 Å². The summed E-state index contributed by atoms with van der Waals surface area (Å²) in [6.07, 6.45) is 0. The third kappa shape index (κ3) is 4.65. The molecule has 3 N–H and O–H groups in total. The predicted molar refractivity (Wildman–Crippen MR) is 77.8 cm³/mol. The molecule has 1 rings (SSSR count). The zero-order valence-corrected chi connectivity index (χ0v) is 12.2. The highest BCUT2D eigenvalue weighted by Gasteiger charge is 2.27. The van der Waals surface area contributed by atoms with Crippen molar-refractivity contribution >= 4 is 11.6 Å². The smallest absolute Gasteiger partial charge is 0.241 e. The van der Waals surface area contributed by atoms with E-state index in [1.54, 1.807) is 0 Å². The fourth-order valence-corrected chi connectivity index (χ4v) is 1.58. The molecule has 0 saturated heterocycles. The minimum absolute atomic E-state index is 0.170. The highest BCUT2D eigenvalue weighted by atomic mass is 16.5. The lowest BCUT2D eigenvalue weighted by Gasteiger charge is -2.26. The molecule has 106 valence electrons. The standard InChI is InChI=1S/C15H24N2O2/c1-5-19-10-11-8-6-7-9-12(11)17-14(18)13(16)15(2,3)4/h6-9,13H,5,10,16H2,1-4H3,(H,17,18). The van der Waals surface area contributed by atoms with Crippen LogP contribution in [-0.4, -0.2) is 18.6 Å². The molecule has 4 nitrogen and oxygen atoms in total. The van der Waals surface area contributed by atoms with Gasteiger partial charge in [-0.2, -0.15) is 0 Å². The summed E-state index contributed by atoms with van der Waals surface area (Å²) in [4.78, 5) is 12.1. The molecule has 0 radical (unpaired) electrons. The van der Waals surface area contributed by atoms with Crippen molar-refractivity contribution in [3.63, 3.8) is 0 Å². The van der Waals surface area contributed by atoms with Gasteiger partial charge in [0.05, 0.1) is 12.6 Å². The molecule has 0 heterocycles. The maximum Gasteiger partial charge on any atom is 0.241 e. The second kappa shape index (κ2) is 6.68. The molecule has 0 saturated carbocycles. The number of benzene rings is 1. The fourth-order valence-electron chi connectivity index (χ4n) is 1.58. The minimum Gasteiger partial charge on any atom is -0.377 e. The molecule has 1 aromatic rings. The van der Waals surface area contributed by atoms with Gasteiger partial charge >= 0.3 is 0 Å². The summed E-state index contributed by atoms with van der Waals surface area (Å²) in [6, 6.07) is 7.06. The van der Waals surface area contributed by atoms with Crippen molar-refractivity contribution in [2.24, 2.45) is 11.1 Å². The number of ether oxygens (including phenoxy) is 1. The number of anilines is 1. The first-order valence-electron chi connectivity index (χ1n) is 6.58. The number of hydrogen-bond donors (Lipinski definition) is 2. The zero-order chi connectivity index (χ0) is 14.5. The van der Waals surface area contributed by atoms with Gasteiger partial charge in [-0.3, -0.25) is 4.79 Å². The minimum atomic E-state index is -0.548. The van der Waals surface area contributed by atoms with Gasteiger partial charge in [0, 0.05) is 17.9 Å². The molecule has 1 unspecified atom stereocenters. The molecule has 0 bridgehead atoms. The Labute approximate surface area is 115 Å². The fraction of sp³-hybridized carbons (Fsp3) is 0.533. The zero-order valence-electron chi connectivity index (χ0n) is 12.2. The largest absolute Gasteiger partial charge is 0.377 e. The van der Waals surface area contributed by atoms with Crippen molar-refractivity contribution in [3.8, 4) is 0 Å². The highest BCUT2D eigenvalue weighted by molar-refractivity contribution is 5.95. The summed E-state index contributed by atoms with van der Waals surface area (Å²) in [5.74, 6) is -0.170. The van der Waals surface area contributed by atoms with Gasteiger partial charge in [0.15, 0.2) is 0 Å². The molecule has 1 aromatic carbocycles. The van der Waals surface area contributed by atoms with Crippen LogP contribution in [0.15, 0.2) is 24.3 Å². The molecular weight excluding hydrogens is 240 g/mol. The summed E-state index contributed by atoms with van der Waals surface area (Å²) in [5, 5.41) is 2.88. The predicted octanol–water partition coefficient (Wildman–Crippen LogP) is 2.54. The Morgan fingerprint density at radius 2 is 2.00 bits per heavy atom. The van der Waals surface area contributed by atoms with E-state index in [0.29, 0.717) is 13.2 Å². The van der Waals surface area contributed by atoms with Gasteiger partial charge in [0.25, 0.3) is 0 Å². The van der Waals surface area contributed by atoms with Crippen LogP contribution in [0, 0.1) is 5.41 Å². The van der Waals surface area contributed by atoms with E-state index in [2.05, 4.69) is 5.32 Å². The first kappa shape index (κ1) is 15.7. The number of rotatable bonds is 5. The average Bonchev–Trinajstić information content (AvgIpc) is 2.35. The second-order valence-electron chi connectivity index (χ2n) is 5.63. The van der Waals surface area contributed by atoms with Crippen molar-refractivity contribution in [1.82, 2.24) is 0 Å². The summed E-state index contributed by atoms with van der Waals surface area (Å²) in [6.45, 7) is 8.91. The molecule has 1 atom stereocenters. The molecule has 0 aromatic heterocycles. The Hall–Kier alpha value is -1.39. The van der Waals surface area contributed by atoms with Gasteiger partial charge < -0.3 is 15.8 Å². The summed E-state index contributed by atoms with van der Waals surface area (Å²) < 4.78 is 5.39. The lowest BCUT2D eigenvalue weighted by atomic mass is 9.87. The average molecular weight is 264 g/mol. The number of para-hydroxylation sites is 1. The Kier molecular flexibility index (Phi) is 5.51. The number of carbonyl (C=O) groups is 1. The van der Waals surface area contributed by atoms with Gasteiger partial charge in [-0.05, 0) is 18.4 Å². The lowest BCUT2D eigenvalue weighted by molar-refractivity contribution is -0.119. The van der Waals surface area contributed by atoms with Crippen LogP contribution in [-0.2, 0) is 16.1 Å². The number of carbonyl (C=O) groups excluding carboxylic acids is 1. The van der Waals surface area contributed by atoms with Crippen LogP contribution in [0.1, 0.15) is 33.3 Å². The molecule has 0 aliphatic carbocycles. The Morgan fingerprint density at radius 1 is 1.37 bits per heavy atom. The van der Waals surface area contributed by atoms with E-state index in [1.807, 2.05) is 52.0 Å². The summed E-state index contributed by atoms with van der Waals surface area (Å²) in [7, 11) is 0. The second-order valence-corrected chi connectivity index (χ2v) is 5.63. The van der Waals surface area contributed by atoms with Crippen LogP contribution in [0.2, 0.25) is 0 Å². The van der Waals surface area contributed by atoms with Crippen molar-refractivity contribution in [2.75, 3.05) is 11.9 Å². The van der Waals surface area contributed by atoms with E-state index in [0.717, 1.165) is 11.3 Å². The maximum absolute atomic E-state index is 12.1. The normalized spacial score (nSPS) is 13.1. The Morgan fingerprint density at radius 3 is 2.58 bits per heavy atom. The Bertz CT molecular complexity index is 424. The van der Waals surface area contributed by atoms with Gasteiger partial charge in [-0.1, -0.05) is 39.0 Å². The molecular formula is C15H24N2O2. The number of nitrogens with two attached hydrogens (primary N) is 1. The van der Waals surface area contributed by atoms with Crippen LogP contribution in [0.4, 0.5) is 5.69 Å². The molecule has 0 spiro atoms. The Balaban J connectivity index is 2.79. The molecule has 1 amide bonds. The van der Waals surface area contributed by atoms with Crippen molar-refractivity contribution < 1.29 is 9.53 Å². The first-order chi connectivity index (χ1) is 8.86. The van der Waals surface area contributed by atoms with Crippen LogP contribution in [0.3, 0.4) is 0 Å². The number of amides is 1. The molecule has 4 heteroatoms. The van der Waals surface area contributed by atoms with Crippen molar-refractivity contribution in [1.29, 1.82) is 0 Å². The van der Waals surface area contributed by atoms with Crippen LogP contribution in [0.25, 0.3) is 0 Å². The third-order valence-electron chi connectivity index (χ3n) is 2.95. The number of hydrogen-bond acceptors (Lipinski definition) is 3. The van der Waals surface area contributed by atoms with E-state index in [9.17, 15) is 4.79 Å². The highest BCUT2D eigenvalue weighted by Crippen LogP contribution is 2.21. The van der Waals surface area contributed by atoms with E-state index in [1.165, 1.54) is 0 Å². The number of nitrogens with one attached hydrogen (secondary N) is 1. The van der Waals surface area contributed by atoms with Crippen LogP contribution in [0.5, 0.6) is 0 Å². The third-order valence-corrected chi connectivity index (χ3v) is 2.95. The topological polar surface area (TPSA) is 64.3 Å². The molecule has 0 fully saturated rings. The summed E-state index contributed by atoms with van der Waals surface area (Å²) >= 11 is 0.